The lowest BCUT2D eigenvalue weighted by atomic mass is 10.0. The van der Waals surface area contributed by atoms with Crippen LogP contribution in [0.15, 0.2) is 24.3 Å². The second-order valence-electron chi connectivity index (χ2n) is 6.06. The van der Waals surface area contributed by atoms with Gasteiger partial charge in [-0.2, -0.15) is 0 Å². The Morgan fingerprint density at radius 2 is 1.83 bits per heavy atom. The Hall–Kier alpha value is -1.59. The van der Waals surface area contributed by atoms with Crippen molar-refractivity contribution in [2.75, 3.05) is 13.1 Å². The number of hydrogen-bond acceptors (Lipinski definition) is 3. The molecular formula is C17H23ClN2O3. The topological polar surface area (TPSA) is 58.6 Å². The highest BCUT2D eigenvalue weighted by Gasteiger charge is 2.28. The fourth-order valence-corrected chi connectivity index (χ4v) is 3.00. The normalized spacial score (nSPS) is 22.5. The molecule has 1 fully saturated rings. The number of halogens is 1. The molecule has 126 valence electrons. The Kier molecular flexibility index (Phi) is 6.02. The zero-order valence-corrected chi connectivity index (χ0v) is 14.5. The molecule has 1 saturated heterocycles. The minimum atomic E-state index is -0.356. The summed E-state index contributed by atoms with van der Waals surface area (Å²) in [7, 11) is 0. The van der Waals surface area contributed by atoms with Crippen LogP contribution in [0, 0.1) is 0 Å². The van der Waals surface area contributed by atoms with Crippen LogP contribution >= 0.6 is 11.6 Å². The molecule has 1 aromatic rings. The van der Waals surface area contributed by atoms with Gasteiger partial charge in [-0.05, 0) is 31.5 Å². The Morgan fingerprint density at radius 3 is 2.35 bits per heavy atom. The molecule has 0 aliphatic carbocycles. The molecule has 1 N–H and O–H groups in total. The molecule has 0 aromatic heterocycles. The van der Waals surface area contributed by atoms with E-state index in [9.17, 15) is 9.59 Å². The van der Waals surface area contributed by atoms with E-state index in [0.717, 1.165) is 5.56 Å². The quantitative estimate of drug-likeness (QED) is 0.917. The third-order valence-electron chi connectivity index (χ3n) is 3.80. The van der Waals surface area contributed by atoms with E-state index in [1.807, 2.05) is 30.9 Å². The summed E-state index contributed by atoms with van der Waals surface area (Å²) in [6, 6.07) is 6.83. The number of ether oxygens (including phenoxy) is 1. The first-order chi connectivity index (χ1) is 10.8. The molecule has 0 radical (unpaired) electrons. The predicted molar refractivity (Wildman–Crippen MR) is 89.2 cm³/mol. The number of rotatable bonds is 4. The standard InChI is InChI=1S/C17H23ClN2O3/c1-11-9-20(10-12(2)23-11)17(22)8-16(19-13(3)21)14-4-6-15(18)7-5-14/h4-7,11-12,16H,8-10H2,1-3H3,(H,19,21)/t11-,12+,16-/m0/s1. The van der Waals surface area contributed by atoms with E-state index in [0.29, 0.717) is 18.1 Å². The molecule has 1 aromatic carbocycles. The van der Waals surface area contributed by atoms with E-state index >= 15 is 0 Å². The summed E-state index contributed by atoms with van der Waals surface area (Å²) >= 11 is 5.91. The van der Waals surface area contributed by atoms with Crippen LogP contribution < -0.4 is 5.32 Å². The summed E-state index contributed by atoms with van der Waals surface area (Å²) in [6.07, 6.45) is 0.274. The van der Waals surface area contributed by atoms with Crippen molar-refractivity contribution in [2.45, 2.75) is 45.4 Å². The lowest BCUT2D eigenvalue weighted by Gasteiger charge is -2.36. The minimum Gasteiger partial charge on any atom is -0.372 e. The van der Waals surface area contributed by atoms with Gasteiger partial charge in [-0.15, -0.1) is 0 Å². The second kappa shape index (κ2) is 7.79. The van der Waals surface area contributed by atoms with Gasteiger partial charge in [0.15, 0.2) is 0 Å². The van der Waals surface area contributed by atoms with Crippen LogP contribution in [0.3, 0.4) is 0 Å². The van der Waals surface area contributed by atoms with Gasteiger partial charge in [0.05, 0.1) is 24.7 Å². The monoisotopic (exact) mass is 338 g/mol. The maximum atomic E-state index is 12.6. The van der Waals surface area contributed by atoms with Crippen molar-refractivity contribution in [1.82, 2.24) is 10.2 Å². The molecule has 1 aliphatic heterocycles. The molecule has 6 heteroatoms. The average molecular weight is 339 g/mol. The molecule has 3 atom stereocenters. The van der Waals surface area contributed by atoms with Gasteiger partial charge in [-0.3, -0.25) is 9.59 Å². The summed E-state index contributed by atoms with van der Waals surface area (Å²) in [4.78, 5) is 25.9. The van der Waals surface area contributed by atoms with Crippen molar-refractivity contribution in [1.29, 1.82) is 0 Å². The molecule has 23 heavy (non-hydrogen) atoms. The van der Waals surface area contributed by atoms with Crippen molar-refractivity contribution < 1.29 is 14.3 Å². The average Bonchev–Trinajstić information content (AvgIpc) is 2.45. The zero-order chi connectivity index (χ0) is 17.0. The zero-order valence-electron chi connectivity index (χ0n) is 13.7. The Labute approximate surface area is 141 Å². The van der Waals surface area contributed by atoms with Crippen LogP contribution in [0.5, 0.6) is 0 Å². The van der Waals surface area contributed by atoms with E-state index in [4.69, 9.17) is 16.3 Å². The molecule has 5 nitrogen and oxygen atoms in total. The summed E-state index contributed by atoms with van der Waals surface area (Å²) in [5.74, 6) is -0.151. The van der Waals surface area contributed by atoms with Gasteiger partial charge < -0.3 is 15.0 Å². The van der Waals surface area contributed by atoms with Crippen LogP contribution in [-0.4, -0.2) is 42.0 Å². The van der Waals surface area contributed by atoms with Crippen LogP contribution in [0.4, 0.5) is 0 Å². The number of morpholine rings is 1. The lowest BCUT2D eigenvalue weighted by molar-refractivity contribution is -0.143. The van der Waals surface area contributed by atoms with Gasteiger partial charge in [-0.1, -0.05) is 23.7 Å². The molecule has 2 rings (SSSR count). The number of hydrogen-bond donors (Lipinski definition) is 1. The first-order valence-corrected chi connectivity index (χ1v) is 8.18. The predicted octanol–water partition coefficient (Wildman–Crippen LogP) is 2.54. The fraction of sp³-hybridized carbons (Fsp3) is 0.529. The van der Waals surface area contributed by atoms with Gasteiger partial charge in [0.1, 0.15) is 0 Å². The molecule has 0 bridgehead atoms. The van der Waals surface area contributed by atoms with E-state index < -0.39 is 0 Å². The Morgan fingerprint density at radius 1 is 1.26 bits per heavy atom. The van der Waals surface area contributed by atoms with Crippen LogP contribution in [0.2, 0.25) is 5.02 Å². The third-order valence-corrected chi connectivity index (χ3v) is 4.05. The van der Waals surface area contributed by atoms with Crippen LogP contribution in [-0.2, 0) is 14.3 Å². The van der Waals surface area contributed by atoms with E-state index in [2.05, 4.69) is 5.32 Å². The van der Waals surface area contributed by atoms with Crippen molar-refractivity contribution in [3.63, 3.8) is 0 Å². The van der Waals surface area contributed by atoms with Gasteiger partial charge in [-0.25, -0.2) is 0 Å². The Balaban J connectivity index is 2.09. The first kappa shape index (κ1) is 17.8. The molecule has 1 heterocycles. The van der Waals surface area contributed by atoms with Crippen molar-refractivity contribution in [3.05, 3.63) is 34.9 Å². The Bertz CT molecular complexity index is 551. The largest absolute Gasteiger partial charge is 0.372 e. The molecular weight excluding hydrogens is 316 g/mol. The SMILES string of the molecule is CC(=O)N[C@@H](CC(=O)N1C[C@@H](C)O[C@@H](C)C1)c1ccc(Cl)cc1. The molecule has 0 unspecified atom stereocenters. The summed E-state index contributed by atoms with van der Waals surface area (Å²) in [5, 5.41) is 3.47. The number of benzene rings is 1. The number of amides is 2. The van der Waals surface area contributed by atoms with Gasteiger partial charge in [0.2, 0.25) is 11.8 Å². The molecule has 0 spiro atoms. The van der Waals surface area contributed by atoms with E-state index in [1.54, 1.807) is 12.1 Å². The fourth-order valence-electron chi connectivity index (χ4n) is 2.88. The number of nitrogens with one attached hydrogen (secondary N) is 1. The van der Waals surface area contributed by atoms with Crippen molar-refractivity contribution in [2.24, 2.45) is 0 Å². The molecule has 0 saturated carbocycles. The van der Waals surface area contributed by atoms with Gasteiger partial charge >= 0.3 is 0 Å². The maximum absolute atomic E-state index is 12.6. The highest BCUT2D eigenvalue weighted by Crippen LogP contribution is 2.22. The lowest BCUT2D eigenvalue weighted by Crippen LogP contribution is -2.49. The highest BCUT2D eigenvalue weighted by atomic mass is 35.5. The third kappa shape index (κ3) is 5.22. The van der Waals surface area contributed by atoms with Crippen molar-refractivity contribution >= 4 is 23.4 Å². The molecule has 1 aliphatic rings. The highest BCUT2D eigenvalue weighted by molar-refractivity contribution is 6.30. The molecule has 2 amide bonds. The summed E-state index contributed by atoms with van der Waals surface area (Å²) in [6.45, 7) is 6.53. The van der Waals surface area contributed by atoms with Crippen molar-refractivity contribution in [3.8, 4) is 0 Å². The second-order valence-corrected chi connectivity index (χ2v) is 6.50. The van der Waals surface area contributed by atoms with Gasteiger partial charge in [0, 0.05) is 25.0 Å². The van der Waals surface area contributed by atoms with Crippen LogP contribution in [0.25, 0.3) is 0 Å². The number of carbonyl (C=O) groups is 2. The maximum Gasteiger partial charge on any atom is 0.225 e. The number of carbonyl (C=O) groups excluding carboxylic acids is 2. The van der Waals surface area contributed by atoms with E-state index in [-0.39, 0.29) is 36.5 Å². The first-order valence-electron chi connectivity index (χ1n) is 7.81. The van der Waals surface area contributed by atoms with Crippen LogP contribution in [0.1, 0.15) is 38.8 Å². The smallest absolute Gasteiger partial charge is 0.225 e. The summed E-state index contributed by atoms with van der Waals surface area (Å²) < 4.78 is 5.66. The van der Waals surface area contributed by atoms with Gasteiger partial charge in [0.25, 0.3) is 0 Å². The van der Waals surface area contributed by atoms with E-state index in [1.165, 1.54) is 6.92 Å². The summed E-state index contributed by atoms with van der Waals surface area (Å²) in [5.41, 5.74) is 0.868. The number of nitrogens with zero attached hydrogens (tertiary/aromatic N) is 1. The minimum absolute atomic E-state index is 0.0145.